The number of hydrogen-bond acceptors (Lipinski definition) is 3. The Morgan fingerprint density at radius 2 is 2.06 bits per heavy atom. The van der Waals surface area contributed by atoms with Gasteiger partial charge in [0.1, 0.15) is 12.4 Å². The average Bonchev–Trinajstić information content (AvgIpc) is 2.82. The Balaban J connectivity index is 1.60. The summed E-state index contributed by atoms with van der Waals surface area (Å²) in [5.74, 6) is 1.76. The number of rotatable bonds is 3. The molecule has 1 aliphatic heterocycles. The van der Waals surface area contributed by atoms with E-state index in [1.165, 1.54) is 36.8 Å². The lowest BCUT2D eigenvalue weighted by Crippen LogP contribution is -2.31. The minimum atomic E-state index is 0.320. The molecule has 1 aliphatic carbocycles. The van der Waals surface area contributed by atoms with E-state index in [0.717, 1.165) is 18.0 Å². The predicted octanol–water partition coefficient (Wildman–Crippen LogP) is 2.11. The van der Waals surface area contributed by atoms with Crippen molar-refractivity contribution in [3.05, 3.63) is 41.2 Å². The molecule has 0 aromatic heterocycles. The molecule has 2 aliphatic rings. The van der Waals surface area contributed by atoms with Gasteiger partial charge < -0.3 is 15.8 Å². The van der Waals surface area contributed by atoms with Gasteiger partial charge in [0.05, 0.1) is 11.9 Å². The molecule has 96 valence electrons. The van der Waals surface area contributed by atoms with Crippen LogP contribution in [0.1, 0.15) is 30.4 Å². The summed E-state index contributed by atoms with van der Waals surface area (Å²) in [6, 6.07) is 6.84. The molecule has 0 amide bonds. The molecule has 3 nitrogen and oxygen atoms in total. The molecule has 0 radical (unpaired) electrons. The van der Waals surface area contributed by atoms with E-state index < -0.39 is 0 Å². The molecule has 1 atom stereocenters. The molecule has 1 heterocycles. The topological polar surface area (TPSA) is 47.3 Å². The first-order chi connectivity index (χ1) is 8.81. The van der Waals surface area contributed by atoms with Crippen LogP contribution in [0.25, 0.3) is 0 Å². The van der Waals surface area contributed by atoms with Crippen LogP contribution in [-0.4, -0.2) is 12.6 Å². The van der Waals surface area contributed by atoms with Crippen molar-refractivity contribution in [3.8, 4) is 5.75 Å². The molecule has 1 aromatic carbocycles. The fourth-order valence-corrected chi connectivity index (χ4v) is 2.73. The second kappa shape index (κ2) is 4.92. The van der Waals surface area contributed by atoms with Gasteiger partial charge in [0.15, 0.2) is 0 Å². The molecule has 18 heavy (non-hydrogen) atoms. The van der Waals surface area contributed by atoms with Crippen molar-refractivity contribution in [3.63, 3.8) is 0 Å². The number of aryl methyl sites for hydroxylation is 2. The number of nitrogens with one attached hydrogen (secondary N) is 1. The summed E-state index contributed by atoms with van der Waals surface area (Å²) in [7, 11) is 0. The van der Waals surface area contributed by atoms with Gasteiger partial charge in [0.2, 0.25) is 0 Å². The van der Waals surface area contributed by atoms with Gasteiger partial charge in [-0.3, -0.25) is 0 Å². The van der Waals surface area contributed by atoms with Crippen LogP contribution >= 0.6 is 0 Å². The zero-order valence-electron chi connectivity index (χ0n) is 10.6. The lowest BCUT2D eigenvalue weighted by molar-refractivity contribution is 0.278. The van der Waals surface area contributed by atoms with Crippen LogP contribution in [-0.2, 0) is 12.8 Å². The predicted molar refractivity (Wildman–Crippen MR) is 72.4 cm³/mol. The second-order valence-corrected chi connectivity index (χ2v) is 5.19. The summed E-state index contributed by atoms with van der Waals surface area (Å²) < 4.78 is 5.85. The van der Waals surface area contributed by atoms with Crippen molar-refractivity contribution >= 4 is 0 Å². The molecule has 1 aromatic rings. The van der Waals surface area contributed by atoms with Crippen LogP contribution < -0.4 is 15.8 Å². The highest BCUT2D eigenvalue weighted by Crippen LogP contribution is 2.25. The van der Waals surface area contributed by atoms with E-state index in [4.69, 9.17) is 10.5 Å². The van der Waals surface area contributed by atoms with Gasteiger partial charge in [0, 0.05) is 0 Å². The Morgan fingerprint density at radius 3 is 2.83 bits per heavy atom. The quantitative estimate of drug-likeness (QED) is 0.856. The normalized spacial score (nSPS) is 22.0. The number of hydrogen-bond donors (Lipinski definition) is 2. The first kappa shape index (κ1) is 11.5. The highest BCUT2D eigenvalue weighted by molar-refractivity contribution is 5.37. The van der Waals surface area contributed by atoms with E-state index in [-0.39, 0.29) is 0 Å². The summed E-state index contributed by atoms with van der Waals surface area (Å²) in [5, 5.41) is 3.20. The van der Waals surface area contributed by atoms with Crippen molar-refractivity contribution in [1.82, 2.24) is 5.32 Å². The SMILES string of the molecule is NC1=CCC(COc2ccc3c(c2)CCCC3)N1. The summed E-state index contributed by atoms with van der Waals surface area (Å²) in [4.78, 5) is 0. The summed E-state index contributed by atoms with van der Waals surface area (Å²) >= 11 is 0. The van der Waals surface area contributed by atoms with E-state index >= 15 is 0 Å². The minimum absolute atomic E-state index is 0.320. The molecule has 1 unspecified atom stereocenters. The van der Waals surface area contributed by atoms with Crippen LogP contribution in [0.3, 0.4) is 0 Å². The van der Waals surface area contributed by atoms with Crippen LogP contribution in [0.5, 0.6) is 5.75 Å². The molecule has 0 saturated carbocycles. The van der Waals surface area contributed by atoms with E-state index in [9.17, 15) is 0 Å². The molecule has 3 rings (SSSR count). The highest BCUT2D eigenvalue weighted by atomic mass is 16.5. The van der Waals surface area contributed by atoms with E-state index in [1.54, 1.807) is 0 Å². The van der Waals surface area contributed by atoms with Gasteiger partial charge in [0.25, 0.3) is 0 Å². The monoisotopic (exact) mass is 244 g/mol. The van der Waals surface area contributed by atoms with Gasteiger partial charge >= 0.3 is 0 Å². The molecular formula is C15H20N2O. The summed E-state index contributed by atoms with van der Waals surface area (Å²) in [5.41, 5.74) is 8.65. The number of fused-ring (bicyclic) bond motifs is 1. The molecule has 0 bridgehead atoms. The molecule has 0 saturated heterocycles. The fraction of sp³-hybridized carbons (Fsp3) is 0.467. The van der Waals surface area contributed by atoms with Crippen LogP contribution in [0.4, 0.5) is 0 Å². The Bertz CT molecular complexity index is 468. The Kier molecular flexibility index (Phi) is 3.13. The first-order valence-electron chi connectivity index (χ1n) is 6.78. The van der Waals surface area contributed by atoms with Crippen molar-refractivity contribution in [2.75, 3.05) is 6.61 Å². The standard InChI is InChI=1S/C15H20N2O/c16-15-8-6-13(17-15)10-18-14-7-5-11-3-1-2-4-12(11)9-14/h5,7-9,13,17H,1-4,6,10,16H2. The highest BCUT2D eigenvalue weighted by Gasteiger charge is 2.15. The lowest BCUT2D eigenvalue weighted by atomic mass is 9.92. The van der Waals surface area contributed by atoms with Crippen molar-refractivity contribution in [2.24, 2.45) is 5.73 Å². The van der Waals surface area contributed by atoms with E-state index in [1.807, 2.05) is 6.08 Å². The average molecular weight is 244 g/mol. The van der Waals surface area contributed by atoms with Gasteiger partial charge in [-0.1, -0.05) is 6.07 Å². The van der Waals surface area contributed by atoms with Crippen molar-refractivity contribution in [2.45, 2.75) is 38.1 Å². The van der Waals surface area contributed by atoms with Crippen LogP contribution in [0.15, 0.2) is 30.1 Å². The summed E-state index contributed by atoms with van der Waals surface area (Å²) in [6.45, 7) is 0.677. The first-order valence-corrected chi connectivity index (χ1v) is 6.78. The van der Waals surface area contributed by atoms with Gasteiger partial charge in [-0.15, -0.1) is 0 Å². The Morgan fingerprint density at radius 1 is 1.22 bits per heavy atom. The second-order valence-electron chi connectivity index (χ2n) is 5.19. The Labute approximate surface area is 108 Å². The third-order valence-corrected chi connectivity index (χ3v) is 3.76. The number of nitrogens with two attached hydrogens (primary N) is 1. The van der Waals surface area contributed by atoms with Crippen LogP contribution in [0.2, 0.25) is 0 Å². The van der Waals surface area contributed by atoms with Gasteiger partial charge in [-0.05, 0) is 61.4 Å². The van der Waals surface area contributed by atoms with Crippen LogP contribution in [0, 0.1) is 0 Å². The third kappa shape index (κ3) is 2.45. The number of benzene rings is 1. The zero-order chi connectivity index (χ0) is 12.4. The third-order valence-electron chi connectivity index (χ3n) is 3.76. The van der Waals surface area contributed by atoms with Crippen molar-refractivity contribution in [1.29, 1.82) is 0 Å². The summed E-state index contributed by atoms with van der Waals surface area (Å²) in [6.07, 6.45) is 8.02. The lowest BCUT2D eigenvalue weighted by Gasteiger charge is -2.18. The Hall–Kier alpha value is -1.64. The maximum absolute atomic E-state index is 5.85. The van der Waals surface area contributed by atoms with E-state index in [2.05, 4.69) is 23.5 Å². The van der Waals surface area contributed by atoms with E-state index in [0.29, 0.717) is 12.6 Å². The smallest absolute Gasteiger partial charge is 0.119 e. The van der Waals surface area contributed by atoms with Gasteiger partial charge in [-0.25, -0.2) is 0 Å². The number of ether oxygens (including phenoxy) is 1. The van der Waals surface area contributed by atoms with Gasteiger partial charge in [-0.2, -0.15) is 0 Å². The molecule has 3 N–H and O–H groups in total. The molecule has 0 fully saturated rings. The van der Waals surface area contributed by atoms with Crippen molar-refractivity contribution < 1.29 is 4.74 Å². The minimum Gasteiger partial charge on any atom is -0.491 e. The largest absolute Gasteiger partial charge is 0.491 e. The molecular weight excluding hydrogens is 224 g/mol. The zero-order valence-corrected chi connectivity index (χ0v) is 10.6. The maximum Gasteiger partial charge on any atom is 0.119 e. The fourth-order valence-electron chi connectivity index (χ4n) is 2.73. The molecule has 0 spiro atoms. The maximum atomic E-state index is 5.85. The molecule has 3 heteroatoms.